The number of rotatable bonds is 3. The van der Waals surface area contributed by atoms with E-state index in [0.29, 0.717) is 6.42 Å². The topological polar surface area (TPSA) is 46.3 Å². The van der Waals surface area contributed by atoms with Gasteiger partial charge in [0.1, 0.15) is 0 Å². The highest BCUT2D eigenvalue weighted by Crippen LogP contribution is 2.29. The Labute approximate surface area is 128 Å². The number of likely N-dealkylation sites (tertiary alicyclic amines) is 1. The number of nitrogens with two attached hydrogens (primary N) is 1. The molecule has 21 heavy (non-hydrogen) atoms. The van der Waals surface area contributed by atoms with Gasteiger partial charge < -0.3 is 10.6 Å². The molecule has 0 aromatic heterocycles. The van der Waals surface area contributed by atoms with Crippen molar-refractivity contribution < 1.29 is 4.79 Å². The molecule has 2 rings (SSSR count). The lowest BCUT2D eigenvalue weighted by Crippen LogP contribution is -2.49. The zero-order valence-corrected chi connectivity index (χ0v) is 13.7. The number of carbonyl (C=O) groups is 1. The maximum absolute atomic E-state index is 12.7. The summed E-state index contributed by atoms with van der Waals surface area (Å²) in [6.07, 6.45) is 2.38. The average Bonchev–Trinajstić information content (AvgIpc) is 2.38. The first-order valence-corrected chi connectivity index (χ1v) is 7.92. The van der Waals surface area contributed by atoms with Crippen LogP contribution in [0.3, 0.4) is 0 Å². The fraction of sp³-hybridized carbons (Fsp3) is 0.611. The molecule has 1 fully saturated rings. The summed E-state index contributed by atoms with van der Waals surface area (Å²) in [7, 11) is 0. The molecule has 3 nitrogen and oxygen atoms in total. The van der Waals surface area contributed by atoms with E-state index in [-0.39, 0.29) is 23.4 Å². The Morgan fingerprint density at radius 3 is 2.52 bits per heavy atom. The zero-order valence-electron chi connectivity index (χ0n) is 13.7. The summed E-state index contributed by atoms with van der Waals surface area (Å²) in [5, 5.41) is 0. The minimum Gasteiger partial charge on any atom is -0.340 e. The molecule has 0 bridgehead atoms. The van der Waals surface area contributed by atoms with E-state index < -0.39 is 0 Å². The van der Waals surface area contributed by atoms with Crippen LogP contribution in [0.1, 0.15) is 51.2 Å². The van der Waals surface area contributed by atoms with Gasteiger partial charge in [0.2, 0.25) is 5.91 Å². The van der Waals surface area contributed by atoms with Crippen LogP contribution in [0.2, 0.25) is 0 Å². The third-order valence-electron chi connectivity index (χ3n) is 4.66. The van der Waals surface area contributed by atoms with Gasteiger partial charge in [0.15, 0.2) is 0 Å². The van der Waals surface area contributed by atoms with Crippen molar-refractivity contribution in [3.05, 3.63) is 35.4 Å². The molecule has 0 unspecified atom stereocenters. The van der Waals surface area contributed by atoms with Gasteiger partial charge in [-0.1, -0.05) is 43.7 Å². The smallest absolute Gasteiger partial charge is 0.223 e. The number of nitrogens with zero attached hydrogens (tertiary/aromatic N) is 1. The minimum atomic E-state index is -0.135. The van der Waals surface area contributed by atoms with Gasteiger partial charge in [-0.3, -0.25) is 4.79 Å². The van der Waals surface area contributed by atoms with Gasteiger partial charge in [0, 0.05) is 25.0 Å². The lowest BCUT2D eigenvalue weighted by Gasteiger charge is -2.38. The summed E-state index contributed by atoms with van der Waals surface area (Å²) >= 11 is 0. The number of hydrogen-bond acceptors (Lipinski definition) is 2. The van der Waals surface area contributed by atoms with E-state index in [9.17, 15) is 4.79 Å². The molecule has 1 aromatic carbocycles. The molecule has 0 radical (unpaired) electrons. The standard InChI is InChI=1S/C18H28N2O/c1-13-5-7-15(8-6-13)18(3,4)12-17(21)20-10-9-16(19)11-14(20)2/h5-8,14,16H,9-12,19H2,1-4H3/t14-,16+/m0/s1. The van der Waals surface area contributed by atoms with Crippen LogP contribution in [-0.2, 0) is 10.2 Å². The SMILES string of the molecule is Cc1ccc(C(C)(C)CC(=O)N2CC[C@@H](N)C[C@@H]2C)cc1. The first kappa shape index (κ1) is 16.0. The molecule has 1 aromatic rings. The van der Waals surface area contributed by atoms with Crippen molar-refractivity contribution in [2.24, 2.45) is 5.73 Å². The van der Waals surface area contributed by atoms with E-state index >= 15 is 0 Å². The first-order chi connectivity index (χ1) is 9.79. The Morgan fingerprint density at radius 2 is 1.95 bits per heavy atom. The van der Waals surface area contributed by atoms with Gasteiger partial charge in [-0.25, -0.2) is 0 Å². The average molecular weight is 288 g/mol. The first-order valence-electron chi connectivity index (χ1n) is 7.92. The minimum absolute atomic E-state index is 0.135. The van der Waals surface area contributed by atoms with E-state index in [1.807, 2.05) is 4.90 Å². The fourth-order valence-corrected chi connectivity index (χ4v) is 3.17. The monoisotopic (exact) mass is 288 g/mol. The van der Waals surface area contributed by atoms with Crippen LogP contribution in [0.4, 0.5) is 0 Å². The molecule has 0 saturated carbocycles. The molecule has 2 atom stereocenters. The molecule has 2 N–H and O–H groups in total. The van der Waals surface area contributed by atoms with Crippen LogP contribution in [0.15, 0.2) is 24.3 Å². The molecular formula is C18H28N2O. The lowest BCUT2D eigenvalue weighted by molar-refractivity contribution is -0.135. The van der Waals surface area contributed by atoms with E-state index in [2.05, 4.69) is 52.0 Å². The van der Waals surface area contributed by atoms with Crippen molar-refractivity contribution in [1.82, 2.24) is 4.90 Å². The lowest BCUT2D eigenvalue weighted by atomic mass is 9.80. The molecule has 1 amide bonds. The highest BCUT2D eigenvalue weighted by molar-refractivity contribution is 5.78. The molecular weight excluding hydrogens is 260 g/mol. The second kappa shape index (κ2) is 6.18. The fourth-order valence-electron chi connectivity index (χ4n) is 3.17. The van der Waals surface area contributed by atoms with Crippen LogP contribution in [0.25, 0.3) is 0 Å². The molecule has 1 saturated heterocycles. The van der Waals surface area contributed by atoms with Crippen molar-refractivity contribution in [2.75, 3.05) is 6.54 Å². The second-order valence-electron chi connectivity index (χ2n) is 7.15. The van der Waals surface area contributed by atoms with E-state index in [1.54, 1.807) is 0 Å². The maximum atomic E-state index is 12.7. The Hall–Kier alpha value is -1.35. The van der Waals surface area contributed by atoms with Crippen molar-refractivity contribution in [1.29, 1.82) is 0 Å². The van der Waals surface area contributed by atoms with Crippen molar-refractivity contribution in [3.8, 4) is 0 Å². The van der Waals surface area contributed by atoms with Crippen molar-refractivity contribution >= 4 is 5.91 Å². The number of amides is 1. The van der Waals surface area contributed by atoms with Gasteiger partial charge in [-0.05, 0) is 37.7 Å². The Morgan fingerprint density at radius 1 is 1.33 bits per heavy atom. The molecule has 0 spiro atoms. The van der Waals surface area contributed by atoms with Crippen molar-refractivity contribution in [3.63, 3.8) is 0 Å². The zero-order chi connectivity index (χ0) is 15.6. The van der Waals surface area contributed by atoms with Gasteiger partial charge in [-0.2, -0.15) is 0 Å². The number of piperidine rings is 1. The number of benzene rings is 1. The predicted octanol–water partition coefficient (Wildman–Crippen LogP) is 3.00. The summed E-state index contributed by atoms with van der Waals surface area (Å²) in [5.41, 5.74) is 8.32. The summed E-state index contributed by atoms with van der Waals surface area (Å²) in [6.45, 7) is 9.29. The number of aryl methyl sites for hydroxylation is 1. The third-order valence-corrected chi connectivity index (χ3v) is 4.66. The summed E-state index contributed by atoms with van der Waals surface area (Å²) in [4.78, 5) is 14.7. The van der Waals surface area contributed by atoms with E-state index in [1.165, 1.54) is 11.1 Å². The largest absolute Gasteiger partial charge is 0.340 e. The summed E-state index contributed by atoms with van der Waals surface area (Å²) in [6, 6.07) is 9.01. The summed E-state index contributed by atoms with van der Waals surface area (Å²) < 4.78 is 0. The highest BCUT2D eigenvalue weighted by atomic mass is 16.2. The van der Waals surface area contributed by atoms with Crippen LogP contribution in [0.5, 0.6) is 0 Å². The molecule has 1 aliphatic heterocycles. The van der Waals surface area contributed by atoms with E-state index in [0.717, 1.165) is 19.4 Å². The van der Waals surface area contributed by atoms with Crippen LogP contribution in [-0.4, -0.2) is 29.4 Å². The number of hydrogen-bond donors (Lipinski definition) is 1. The Bertz CT molecular complexity index is 492. The number of carbonyl (C=O) groups excluding carboxylic acids is 1. The predicted molar refractivity (Wildman–Crippen MR) is 87.2 cm³/mol. The quantitative estimate of drug-likeness (QED) is 0.929. The molecule has 1 aliphatic rings. The second-order valence-corrected chi connectivity index (χ2v) is 7.15. The van der Waals surface area contributed by atoms with Crippen LogP contribution in [0, 0.1) is 6.92 Å². The van der Waals surface area contributed by atoms with Gasteiger partial charge in [-0.15, -0.1) is 0 Å². The van der Waals surface area contributed by atoms with Crippen LogP contribution < -0.4 is 5.73 Å². The van der Waals surface area contributed by atoms with Gasteiger partial charge in [0.05, 0.1) is 0 Å². The molecule has 1 heterocycles. The van der Waals surface area contributed by atoms with Crippen molar-refractivity contribution in [2.45, 2.75) is 64.5 Å². The Balaban J connectivity index is 2.05. The van der Waals surface area contributed by atoms with Gasteiger partial charge >= 0.3 is 0 Å². The Kier molecular flexibility index (Phi) is 4.72. The van der Waals surface area contributed by atoms with Crippen LogP contribution >= 0.6 is 0 Å². The third kappa shape index (κ3) is 3.85. The normalized spacial score (nSPS) is 23.2. The summed E-state index contributed by atoms with van der Waals surface area (Å²) in [5.74, 6) is 0.250. The molecule has 116 valence electrons. The maximum Gasteiger partial charge on any atom is 0.223 e. The highest BCUT2D eigenvalue weighted by Gasteiger charge is 2.31. The van der Waals surface area contributed by atoms with Gasteiger partial charge in [0.25, 0.3) is 0 Å². The van der Waals surface area contributed by atoms with E-state index in [4.69, 9.17) is 5.73 Å². The molecule has 3 heteroatoms. The molecule has 0 aliphatic carbocycles.